The van der Waals surface area contributed by atoms with Gasteiger partial charge in [0, 0.05) is 0 Å². The Morgan fingerprint density at radius 1 is 0.586 bits per heavy atom. The van der Waals surface area contributed by atoms with Crippen molar-refractivity contribution in [2.45, 2.75) is 4.32 Å². The standard InChI is InChI=1S/C26H19BrO2/c27-26(21-12-6-2-7-13-21,22-14-8-3-9-15-22)23-16-18-24(19-17-23)29-25(28)20-10-4-1-5-11-20/h1-19H. The molecular formula is C26H19BrO2. The summed E-state index contributed by atoms with van der Waals surface area (Å²) in [6, 6.07) is 37.2. The summed E-state index contributed by atoms with van der Waals surface area (Å²) in [7, 11) is 0. The highest BCUT2D eigenvalue weighted by Gasteiger charge is 2.33. The zero-order valence-corrected chi connectivity index (χ0v) is 17.3. The van der Waals surface area contributed by atoms with Crippen LogP contribution in [-0.4, -0.2) is 5.97 Å². The van der Waals surface area contributed by atoms with Crippen molar-refractivity contribution in [3.05, 3.63) is 138 Å². The van der Waals surface area contributed by atoms with Crippen molar-refractivity contribution in [2.75, 3.05) is 0 Å². The van der Waals surface area contributed by atoms with Gasteiger partial charge in [-0.2, -0.15) is 0 Å². The SMILES string of the molecule is O=C(Oc1ccc(C(Br)(c2ccccc2)c2ccccc2)cc1)c1ccccc1. The monoisotopic (exact) mass is 442 g/mol. The van der Waals surface area contributed by atoms with E-state index in [0.29, 0.717) is 11.3 Å². The van der Waals surface area contributed by atoms with Gasteiger partial charge in [0.2, 0.25) is 0 Å². The molecule has 0 amide bonds. The Kier molecular flexibility index (Phi) is 5.59. The molecule has 4 aromatic rings. The summed E-state index contributed by atoms with van der Waals surface area (Å²) in [5, 5.41) is 0. The van der Waals surface area contributed by atoms with Gasteiger partial charge in [-0.25, -0.2) is 4.79 Å². The van der Waals surface area contributed by atoms with Crippen LogP contribution in [0.3, 0.4) is 0 Å². The van der Waals surface area contributed by atoms with Crippen LogP contribution >= 0.6 is 15.9 Å². The minimum Gasteiger partial charge on any atom is -0.423 e. The smallest absolute Gasteiger partial charge is 0.343 e. The van der Waals surface area contributed by atoms with Crippen molar-refractivity contribution < 1.29 is 9.53 Å². The third-order valence-corrected chi connectivity index (χ3v) is 6.19. The van der Waals surface area contributed by atoms with Crippen LogP contribution in [0, 0.1) is 0 Å². The second-order valence-electron chi connectivity index (χ2n) is 6.67. The molecule has 0 fully saturated rings. The molecule has 0 saturated carbocycles. The van der Waals surface area contributed by atoms with E-state index >= 15 is 0 Å². The lowest BCUT2D eigenvalue weighted by atomic mass is 9.85. The summed E-state index contributed by atoms with van der Waals surface area (Å²) >= 11 is 4.01. The first kappa shape index (κ1) is 19.2. The topological polar surface area (TPSA) is 26.3 Å². The predicted molar refractivity (Wildman–Crippen MR) is 120 cm³/mol. The van der Waals surface area contributed by atoms with Crippen LogP contribution in [0.5, 0.6) is 5.75 Å². The normalized spacial score (nSPS) is 11.1. The number of carbonyl (C=O) groups is 1. The first-order valence-corrected chi connectivity index (χ1v) is 10.1. The van der Waals surface area contributed by atoms with Crippen molar-refractivity contribution in [2.24, 2.45) is 0 Å². The van der Waals surface area contributed by atoms with Gasteiger partial charge in [0.1, 0.15) is 10.1 Å². The Hall–Kier alpha value is -3.17. The van der Waals surface area contributed by atoms with E-state index in [9.17, 15) is 4.79 Å². The third kappa shape index (κ3) is 4.01. The van der Waals surface area contributed by atoms with Gasteiger partial charge in [-0.05, 0) is 41.0 Å². The quantitative estimate of drug-likeness (QED) is 0.151. The van der Waals surface area contributed by atoms with Gasteiger partial charge in [-0.1, -0.05) is 107 Å². The van der Waals surface area contributed by atoms with Gasteiger partial charge < -0.3 is 4.74 Å². The van der Waals surface area contributed by atoms with Crippen LogP contribution in [0.2, 0.25) is 0 Å². The lowest BCUT2D eigenvalue weighted by Crippen LogP contribution is -2.21. The molecule has 3 heteroatoms. The third-order valence-electron chi connectivity index (χ3n) is 4.82. The lowest BCUT2D eigenvalue weighted by Gasteiger charge is -2.29. The maximum Gasteiger partial charge on any atom is 0.343 e. The molecule has 4 rings (SSSR count). The zero-order valence-electron chi connectivity index (χ0n) is 15.7. The van der Waals surface area contributed by atoms with Crippen LogP contribution in [0.1, 0.15) is 27.0 Å². The molecule has 142 valence electrons. The van der Waals surface area contributed by atoms with Crippen molar-refractivity contribution in [3.8, 4) is 5.75 Å². The van der Waals surface area contributed by atoms with E-state index in [4.69, 9.17) is 4.74 Å². The number of hydrogen-bond donors (Lipinski definition) is 0. The number of hydrogen-bond acceptors (Lipinski definition) is 2. The Morgan fingerprint density at radius 3 is 1.48 bits per heavy atom. The number of rotatable bonds is 5. The highest BCUT2D eigenvalue weighted by Crippen LogP contribution is 2.45. The van der Waals surface area contributed by atoms with Crippen molar-refractivity contribution in [3.63, 3.8) is 0 Å². The number of halogens is 1. The minimum absolute atomic E-state index is 0.366. The van der Waals surface area contributed by atoms with Gasteiger partial charge in [0.15, 0.2) is 0 Å². The minimum atomic E-state index is -0.502. The van der Waals surface area contributed by atoms with Crippen molar-refractivity contribution in [1.82, 2.24) is 0 Å². The summed E-state index contributed by atoms with van der Waals surface area (Å²) in [4.78, 5) is 12.3. The summed E-state index contributed by atoms with van der Waals surface area (Å²) in [6.07, 6.45) is 0. The van der Waals surface area contributed by atoms with Crippen molar-refractivity contribution >= 4 is 21.9 Å². The molecule has 0 unspecified atom stereocenters. The van der Waals surface area contributed by atoms with Crippen LogP contribution in [0.4, 0.5) is 0 Å². The molecule has 0 bridgehead atoms. The van der Waals surface area contributed by atoms with E-state index in [-0.39, 0.29) is 5.97 Å². The number of ether oxygens (including phenoxy) is 1. The molecule has 0 aromatic heterocycles. The maximum atomic E-state index is 12.3. The second-order valence-corrected chi connectivity index (χ2v) is 7.86. The average Bonchev–Trinajstić information content (AvgIpc) is 2.81. The molecule has 0 radical (unpaired) electrons. The van der Waals surface area contributed by atoms with Gasteiger partial charge in [0.05, 0.1) is 5.56 Å². The van der Waals surface area contributed by atoms with E-state index in [0.717, 1.165) is 16.7 Å². The first-order valence-electron chi connectivity index (χ1n) is 9.35. The molecular weight excluding hydrogens is 424 g/mol. The highest BCUT2D eigenvalue weighted by molar-refractivity contribution is 9.10. The van der Waals surface area contributed by atoms with Crippen LogP contribution in [-0.2, 0) is 4.32 Å². The largest absolute Gasteiger partial charge is 0.423 e. The molecule has 0 saturated heterocycles. The van der Waals surface area contributed by atoms with Gasteiger partial charge >= 0.3 is 5.97 Å². The van der Waals surface area contributed by atoms with E-state index < -0.39 is 4.32 Å². The van der Waals surface area contributed by atoms with Crippen LogP contribution in [0.15, 0.2) is 115 Å². The Balaban J connectivity index is 1.67. The fourth-order valence-corrected chi connectivity index (χ4v) is 4.12. The summed E-state index contributed by atoms with van der Waals surface area (Å²) < 4.78 is 5.02. The molecule has 29 heavy (non-hydrogen) atoms. The highest BCUT2D eigenvalue weighted by atomic mass is 79.9. The number of alkyl halides is 1. The molecule has 0 aliphatic rings. The Morgan fingerprint density at radius 2 is 1.00 bits per heavy atom. The fraction of sp³-hybridized carbons (Fsp3) is 0.0385. The van der Waals surface area contributed by atoms with E-state index in [1.54, 1.807) is 12.1 Å². The first-order chi connectivity index (χ1) is 14.2. The number of benzene rings is 4. The van der Waals surface area contributed by atoms with Gasteiger partial charge in [-0.15, -0.1) is 0 Å². The van der Waals surface area contributed by atoms with Gasteiger partial charge in [-0.3, -0.25) is 0 Å². The van der Waals surface area contributed by atoms with Crippen LogP contribution in [0.25, 0.3) is 0 Å². The van der Waals surface area contributed by atoms with E-state index in [2.05, 4.69) is 40.2 Å². The number of carbonyl (C=O) groups excluding carboxylic acids is 1. The zero-order chi connectivity index (χ0) is 20.1. The number of esters is 1. The molecule has 4 aromatic carbocycles. The van der Waals surface area contributed by atoms with Crippen LogP contribution < -0.4 is 4.74 Å². The maximum absolute atomic E-state index is 12.3. The molecule has 0 aliphatic carbocycles. The van der Waals surface area contributed by atoms with Gasteiger partial charge in [0.25, 0.3) is 0 Å². The molecule has 0 N–H and O–H groups in total. The summed E-state index contributed by atoms with van der Waals surface area (Å²) in [5.74, 6) is 0.146. The lowest BCUT2D eigenvalue weighted by molar-refractivity contribution is 0.0734. The molecule has 0 heterocycles. The Bertz CT molecular complexity index is 1040. The van der Waals surface area contributed by atoms with Crippen molar-refractivity contribution in [1.29, 1.82) is 0 Å². The van der Waals surface area contributed by atoms with E-state index in [1.165, 1.54) is 0 Å². The fourth-order valence-electron chi connectivity index (χ4n) is 3.33. The molecule has 2 nitrogen and oxygen atoms in total. The average molecular weight is 443 g/mol. The predicted octanol–water partition coefficient (Wildman–Crippen LogP) is 6.59. The molecule has 0 aliphatic heterocycles. The molecule has 0 spiro atoms. The van der Waals surface area contributed by atoms with E-state index in [1.807, 2.05) is 78.9 Å². The molecule has 0 atom stereocenters. The summed E-state index contributed by atoms with van der Waals surface area (Å²) in [6.45, 7) is 0. The summed E-state index contributed by atoms with van der Waals surface area (Å²) in [5.41, 5.74) is 3.83. The second kappa shape index (κ2) is 8.46. The Labute approximate surface area is 178 Å².